The minimum Gasteiger partial charge on any atom is -0.466 e. The third-order valence-electron chi connectivity index (χ3n) is 5.48. The Hall–Kier alpha value is -2.94. The van der Waals surface area contributed by atoms with E-state index in [4.69, 9.17) is 4.74 Å². The monoisotopic (exact) mass is 462 g/mol. The molecule has 0 saturated carbocycles. The van der Waals surface area contributed by atoms with Crippen LogP contribution in [-0.4, -0.2) is 51.4 Å². The molecule has 1 fully saturated rings. The van der Waals surface area contributed by atoms with E-state index in [0.29, 0.717) is 32.5 Å². The first-order valence-electron chi connectivity index (χ1n) is 10.5. The molecule has 3 rings (SSSR count). The summed E-state index contributed by atoms with van der Waals surface area (Å²) in [6.07, 6.45) is 0.879. The minimum atomic E-state index is -4.19. The Labute approximate surface area is 187 Å². The van der Waals surface area contributed by atoms with Gasteiger partial charge >= 0.3 is 5.97 Å². The van der Waals surface area contributed by atoms with Gasteiger partial charge in [-0.3, -0.25) is 13.9 Å². The molecular weight excluding hydrogens is 435 g/mol. The highest BCUT2D eigenvalue weighted by Crippen LogP contribution is 2.27. The highest BCUT2D eigenvalue weighted by molar-refractivity contribution is 7.92. The van der Waals surface area contributed by atoms with Crippen LogP contribution in [0.3, 0.4) is 0 Å². The third-order valence-corrected chi connectivity index (χ3v) is 7.25. The lowest BCUT2D eigenvalue weighted by Crippen LogP contribution is -2.47. The number of anilines is 1. The van der Waals surface area contributed by atoms with Gasteiger partial charge in [-0.1, -0.05) is 29.8 Å². The molecule has 1 amide bonds. The Morgan fingerprint density at radius 1 is 1.09 bits per heavy atom. The number of aryl methyl sites for hydroxylation is 1. The van der Waals surface area contributed by atoms with Gasteiger partial charge in [0.1, 0.15) is 12.4 Å². The van der Waals surface area contributed by atoms with Crippen LogP contribution >= 0.6 is 0 Å². The molecule has 1 aliphatic rings. The molecule has 9 heteroatoms. The fourth-order valence-electron chi connectivity index (χ4n) is 3.64. The predicted octanol–water partition coefficient (Wildman–Crippen LogP) is 3.13. The smallest absolute Gasteiger partial charge is 0.309 e. The van der Waals surface area contributed by atoms with Gasteiger partial charge in [-0.15, -0.1) is 0 Å². The summed E-state index contributed by atoms with van der Waals surface area (Å²) in [6.45, 7) is 3.93. The van der Waals surface area contributed by atoms with E-state index in [1.165, 1.54) is 35.2 Å². The lowest BCUT2D eigenvalue weighted by molar-refractivity contribution is -0.151. The number of piperidine rings is 1. The lowest BCUT2D eigenvalue weighted by atomic mass is 9.97. The number of hydrogen-bond acceptors (Lipinski definition) is 5. The predicted molar refractivity (Wildman–Crippen MR) is 118 cm³/mol. The van der Waals surface area contributed by atoms with Gasteiger partial charge < -0.3 is 9.64 Å². The molecule has 0 aliphatic carbocycles. The summed E-state index contributed by atoms with van der Waals surface area (Å²) < 4.78 is 47.1. The van der Waals surface area contributed by atoms with E-state index in [2.05, 4.69) is 0 Å². The number of benzene rings is 2. The zero-order valence-electron chi connectivity index (χ0n) is 18.2. The Kier molecular flexibility index (Phi) is 7.50. The van der Waals surface area contributed by atoms with Gasteiger partial charge in [0.15, 0.2) is 0 Å². The van der Waals surface area contributed by atoms with Crippen molar-refractivity contribution in [1.82, 2.24) is 4.90 Å². The summed E-state index contributed by atoms with van der Waals surface area (Å²) in [7, 11) is -4.19. The second-order valence-electron chi connectivity index (χ2n) is 7.68. The maximum absolute atomic E-state index is 14.6. The summed E-state index contributed by atoms with van der Waals surface area (Å²) in [4.78, 5) is 26.4. The molecule has 0 unspecified atom stereocenters. The number of sulfonamides is 1. The van der Waals surface area contributed by atoms with Gasteiger partial charge in [0.05, 0.1) is 23.1 Å². The molecule has 0 aromatic heterocycles. The zero-order chi connectivity index (χ0) is 23.3. The number of hydrogen-bond donors (Lipinski definition) is 0. The number of carbonyl (C=O) groups excluding carboxylic acids is 2. The Morgan fingerprint density at radius 2 is 1.72 bits per heavy atom. The quantitative estimate of drug-likeness (QED) is 0.591. The molecule has 0 radical (unpaired) electrons. The molecule has 2 aromatic carbocycles. The molecule has 1 heterocycles. The number of esters is 1. The van der Waals surface area contributed by atoms with Gasteiger partial charge in [-0.2, -0.15) is 0 Å². The van der Waals surface area contributed by atoms with Gasteiger partial charge in [0.25, 0.3) is 10.0 Å². The molecule has 1 aliphatic heterocycles. The number of halogens is 1. The van der Waals surface area contributed by atoms with Crippen LogP contribution in [0.5, 0.6) is 0 Å². The van der Waals surface area contributed by atoms with Crippen molar-refractivity contribution < 1.29 is 27.1 Å². The van der Waals surface area contributed by atoms with Gasteiger partial charge in [0.2, 0.25) is 5.91 Å². The molecule has 2 aromatic rings. The second kappa shape index (κ2) is 10.1. The standard InChI is InChI=1S/C23H27FN2O5S/c1-3-31-23(28)18-12-14-25(15-13-18)22(27)16-26(21-7-5-4-6-20(21)24)32(29,30)19-10-8-17(2)9-11-19/h4-11,18H,3,12-16H2,1-2H3. The number of para-hydroxylation sites is 1. The number of carbonyl (C=O) groups is 2. The lowest BCUT2D eigenvalue weighted by Gasteiger charge is -2.33. The molecule has 32 heavy (non-hydrogen) atoms. The van der Waals surface area contributed by atoms with Gasteiger partial charge in [-0.25, -0.2) is 12.8 Å². The van der Waals surface area contributed by atoms with Crippen molar-refractivity contribution in [3.05, 3.63) is 59.9 Å². The normalized spacial score (nSPS) is 14.8. The highest BCUT2D eigenvalue weighted by Gasteiger charge is 2.33. The summed E-state index contributed by atoms with van der Waals surface area (Å²) in [5.41, 5.74) is 0.685. The number of nitrogens with zero attached hydrogens (tertiary/aromatic N) is 2. The SMILES string of the molecule is CCOC(=O)C1CCN(C(=O)CN(c2ccccc2F)S(=O)(=O)c2ccc(C)cc2)CC1. The van der Waals surface area contributed by atoms with Crippen LogP contribution < -0.4 is 4.31 Å². The van der Waals surface area contributed by atoms with Crippen molar-refractivity contribution >= 4 is 27.6 Å². The summed E-state index contributed by atoms with van der Waals surface area (Å²) in [5.74, 6) is -1.75. The maximum Gasteiger partial charge on any atom is 0.309 e. The fraction of sp³-hybridized carbons (Fsp3) is 0.391. The van der Waals surface area contributed by atoms with Crippen LogP contribution in [0.15, 0.2) is 53.4 Å². The van der Waals surface area contributed by atoms with Crippen LogP contribution in [0.25, 0.3) is 0 Å². The summed E-state index contributed by atoms with van der Waals surface area (Å²) in [5, 5.41) is 0. The fourth-order valence-corrected chi connectivity index (χ4v) is 5.06. The van der Waals surface area contributed by atoms with Crippen molar-refractivity contribution in [2.45, 2.75) is 31.6 Å². The summed E-state index contributed by atoms with van der Waals surface area (Å²) in [6, 6.07) is 11.6. The van der Waals surface area contributed by atoms with Crippen LogP contribution in [0.2, 0.25) is 0 Å². The molecule has 172 valence electrons. The zero-order valence-corrected chi connectivity index (χ0v) is 19.0. The van der Waals surface area contributed by atoms with Crippen LogP contribution in [0, 0.1) is 18.7 Å². The molecule has 1 saturated heterocycles. The number of amides is 1. The van der Waals surface area contributed by atoms with E-state index in [0.717, 1.165) is 15.9 Å². The molecule has 0 bridgehead atoms. The second-order valence-corrected chi connectivity index (χ2v) is 9.55. The van der Waals surface area contributed by atoms with Crippen LogP contribution in [0.1, 0.15) is 25.3 Å². The first kappa shape index (κ1) is 23.7. The summed E-state index contributed by atoms with van der Waals surface area (Å²) >= 11 is 0. The number of likely N-dealkylation sites (tertiary alicyclic amines) is 1. The Bertz CT molecular complexity index is 1060. The van der Waals surface area contributed by atoms with E-state index in [1.54, 1.807) is 19.1 Å². The highest BCUT2D eigenvalue weighted by atomic mass is 32.2. The van der Waals surface area contributed by atoms with Crippen molar-refractivity contribution in [1.29, 1.82) is 0 Å². The van der Waals surface area contributed by atoms with Crippen molar-refractivity contribution in [2.75, 3.05) is 30.5 Å². The third kappa shape index (κ3) is 5.27. The van der Waals surface area contributed by atoms with Crippen molar-refractivity contribution in [3.8, 4) is 0 Å². The van der Waals surface area contributed by atoms with E-state index in [-0.39, 0.29) is 22.5 Å². The first-order chi connectivity index (χ1) is 15.2. The van der Waals surface area contributed by atoms with E-state index < -0.39 is 28.3 Å². The molecule has 7 nitrogen and oxygen atoms in total. The van der Waals surface area contributed by atoms with E-state index >= 15 is 0 Å². The van der Waals surface area contributed by atoms with Gasteiger partial charge in [0, 0.05) is 13.1 Å². The van der Waals surface area contributed by atoms with Crippen molar-refractivity contribution in [2.24, 2.45) is 5.92 Å². The maximum atomic E-state index is 14.6. The largest absolute Gasteiger partial charge is 0.466 e. The van der Waals surface area contributed by atoms with Gasteiger partial charge in [-0.05, 0) is 51.0 Å². The Balaban J connectivity index is 1.83. The average molecular weight is 463 g/mol. The van der Waals surface area contributed by atoms with Crippen LogP contribution in [0.4, 0.5) is 10.1 Å². The molecular formula is C23H27FN2O5S. The molecule has 0 N–H and O–H groups in total. The van der Waals surface area contributed by atoms with E-state index in [9.17, 15) is 22.4 Å². The molecule has 0 atom stereocenters. The van der Waals surface area contributed by atoms with E-state index in [1.807, 2.05) is 6.92 Å². The topological polar surface area (TPSA) is 84.0 Å². The average Bonchev–Trinajstić information content (AvgIpc) is 2.78. The van der Waals surface area contributed by atoms with Crippen molar-refractivity contribution in [3.63, 3.8) is 0 Å². The number of rotatable bonds is 7. The minimum absolute atomic E-state index is 0.0276. The molecule has 0 spiro atoms. The first-order valence-corrected chi connectivity index (χ1v) is 12.0. The Morgan fingerprint density at radius 3 is 2.31 bits per heavy atom. The number of ether oxygens (including phenoxy) is 1. The van der Waals surface area contributed by atoms with Crippen LogP contribution in [-0.2, 0) is 24.3 Å².